The fourth-order valence-electron chi connectivity index (χ4n) is 8.49. The lowest BCUT2D eigenvalue weighted by Crippen LogP contribution is -2.49. The van der Waals surface area contributed by atoms with Crippen LogP contribution < -0.4 is 4.74 Å². The highest BCUT2D eigenvalue weighted by molar-refractivity contribution is 7.94. The third-order valence-corrected chi connectivity index (χ3v) is 17.7. The number of halogens is 5. The van der Waals surface area contributed by atoms with Crippen molar-refractivity contribution in [2.45, 2.75) is 33.9 Å². The van der Waals surface area contributed by atoms with E-state index in [1.165, 1.54) is 153 Å². The molecule has 8 aromatic rings. The van der Waals surface area contributed by atoms with Gasteiger partial charge in [-0.05, 0) is 107 Å². The van der Waals surface area contributed by atoms with Crippen LogP contribution >= 0.6 is 11.6 Å². The van der Waals surface area contributed by atoms with Crippen molar-refractivity contribution in [1.82, 2.24) is 0 Å². The molecule has 0 bridgehead atoms. The number of sulfone groups is 2. The van der Waals surface area contributed by atoms with Crippen molar-refractivity contribution in [3.8, 4) is 11.5 Å². The Morgan fingerprint density at radius 3 is 0.952 bits per heavy atom. The van der Waals surface area contributed by atoms with E-state index in [1.807, 2.05) is 0 Å². The highest BCUT2D eigenvalue weighted by atomic mass is 35.5. The van der Waals surface area contributed by atoms with Crippen LogP contribution in [0.3, 0.4) is 0 Å². The van der Waals surface area contributed by atoms with Crippen molar-refractivity contribution >= 4 is 54.4 Å². The molecule has 83 heavy (non-hydrogen) atoms. The molecular weight excluding hydrogens is 1140 g/mol. The van der Waals surface area contributed by atoms with E-state index < -0.39 is 76.0 Å². The van der Waals surface area contributed by atoms with Crippen LogP contribution in [0.15, 0.2) is 255 Å². The van der Waals surface area contributed by atoms with Crippen LogP contribution in [0.25, 0.3) is 0 Å². The van der Waals surface area contributed by atoms with Gasteiger partial charge in [0.1, 0.15) is 11.5 Å². The number of hydrogen-bond acceptors (Lipinski definition) is 12. The van der Waals surface area contributed by atoms with Crippen molar-refractivity contribution in [3.63, 3.8) is 0 Å². The predicted molar refractivity (Wildman–Crippen MR) is 307 cm³/mol. The molecule has 0 unspecified atom stereocenters. The summed E-state index contributed by atoms with van der Waals surface area (Å²) in [6, 6.07) is 55.7. The molecule has 0 aliphatic rings. The van der Waals surface area contributed by atoms with Gasteiger partial charge >= 0.3 is 28.4 Å². The van der Waals surface area contributed by atoms with Crippen LogP contribution in [-0.2, 0) is 48.2 Å². The topological polar surface area (TPSA) is 184 Å². The molecule has 0 atom stereocenters. The Morgan fingerprint density at radius 2 is 0.687 bits per heavy atom. The summed E-state index contributed by atoms with van der Waals surface area (Å²) < 4.78 is 131. The van der Waals surface area contributed by atoms with Crippen molar-refractivity contribution in [1.29, 1.82) is 0 Å². The molecule has 0 heterocycles. The lowest BCUT2D eigenvalue weighted by atomic mass is 9.84. The maximum absolute atomic E-state index is 16.0. The Hall–Kier alpha value is -8.97. The second-order valence-corrected chi connectivity index (χ2v) is 23.1. The first-order valence-corrected chi connectivity index (χ1v) is 28.2. The van der Waals surface area contributed by atoms with Crippen LogP contribution in [0.2, 0.25) is 0 Å². The SMILES string of the molecule is C=C(C)C(=O)Cl.C=C(C)C(=O)Oc1ccc(C(c2ccccc2)(c2ccccc2)S(=O)(=O)C(F)(F)COC(=O)c2ccccc2)cc1.O=C(OCC(F)(F)S(=O)(=O)C(c1ccccc1)(c1ccccc1)c1ccc(O)cc1)c1ccccc1. The van der Waals surface area contributed by atoms with Crippen molar-refractivity contribution in [2.24, 2.45) is 0 Å². The van der Waals surface area contributed by atoms with E-state index in [1.54, 1.807) is 91.9 Å². The van der Waals surface area contributed by atoms with Crippen molar-refractivity contribution < 1.29 is 72.9 Å². The summed E-state index contributed by atoms with van der Waals surface area (Å²) in [6.07, 6.45) is 0. The van der Waals surface area contributed by atoms with Gasteiger partial charge in [-0.3, -0.25) is 4.79 Å². The summed E-state index contributed by atoms with van der Waals surface area (Å²) in [5.74, 6) is -2.95. The minimum atomic E-state index is -5.58. The fraction of sp³-hybridized carbons (Fsp3) is 0.125. The summed E-state index contributed by atoms with van der Waals surface area (Å²) in [4.78, 5) is 46.6. The van der Waals surface area contributed by atoms with Crippen molar-refractivity contribution in [3.05, 3.63) is 299 Å². The lowest BCUT2D eigenvalue weighted by Gasteiger charge is -2.37. The molecule has 0 fully saturated rings. The summed E-state index contributed by atoms with van der Waals surface area (Å²) in [5.41, 5.74) is 0.692. The predicted octanol–water partition coefficient (Wildman–Crippen LogP) is 13.2. The standard InChI is InChI=1S/C32H26F2O6S.C28H22F2O5S.C4H5ClO/c1-23(2)29(35)40-28-20-18-27(19-21-28)32(25-14-8-4-9-15-25,26-16-10-5-11-17-26)41(37,38)31(33,34)22-39-30(36)24-12-6-3-7-13-24;29-27(30,20-35-26(32)21-10-4-1-5-11-21)36(33,34)28(22-12-6-2-7-13-22,23-14-8-3-9-15-23)24-16-18-25(31)19-17-24;1-3(2)4(5)6/h3-21H,1,22H2,2H3;1-19,31H,20H2;1H2,2H3. The molecule has 8 aromatic carbocycles. The highest BCUT2D eigenvalue weighted by Gasteiger charge is 2.63. The zero-order valence-corrected chi connectivity index (χ0v) is 46.8. The lowest BCUT2D eigenvalue weighted by molar-refractivity contribution is -0.130. The first-order chi connectivity index (χ1) is 39.3. The summed E-state index contributed by atoms with van der Waals surface area (Å²) in [5, 5.41) is 0.343. The quantitative estimate of drug-likeness (QED) is 0.0202. The molecule has 8 rings (SSSR count). The number of allylic oxidation sites excluding steroid dienone is 1. The Balaban J connectivity index is 0.000000244. The number of esters is 3. The molecular formula is C64H53ClF4O12S2. The van der Waals surface area contributed by atoms with E-state index in [-0.39, 0.29) is 61.6 Å². The molecule has 0 saturated heterocycles. The monoisotopic (exact) mass is 1190 g/mol. The van der Waals surface area contributed by atoms with Crippen LogP contribution in [0.5, 0.6) is 11.5 Å². The second kappa shape index (κ2) is 27.2. The van der Waals surface area contributed by atoms with Gasteiger partial charge in [0.25, 0.3) is 0 Å². The number of rotatable bonds is 19. The van der Waals surface area contributed by atoms with Gasteiger partial charge in [0.15, 0.2) is 22.7 Å². The fourth-order valence-corrected chi connectivity index (χ4v) is 12.5. The van der Waals surface area contributed by atoms with Crippen LogP contribution in [0, 0.1) is 0 Å². The number of hydrogen-bond donors (Lipinski definition) is 1. The molecule has 0 spiro atoms. The number of carbonyl (C=O) groups is 4. The smallest absolute Gasteiger partial charge is 0.380 e. The first kappa shape index (κ1) is 63.2. The van der Waals surface area contributed by atoms with Crippen LogP contribution in [0.1, 0.15) is 67.9 Å². The average Bonchev–Trinajstić information content (AvgIpc) is 3.59. The molecule has 0 radical (unpaired) electrons. The van der Waals surface area contributed by atoms with E-state index in [0.29, 0.717) is 5.57 Å². The molecule has 428 valence electrons. The second-order valence-electron chi connectivity index (χ2n) is 18.3. The Morgan fingerprint density at radius 1 is 0.434 bits per heavy atom. The van der Waals surface area contributed by atoms with Crippen LogP contribution in [-0.4, -0.2) is 68.8 Å². The number of alkyl halides is 4. The van der Waals surface area contributed by atoms with E-state index in [4.69, 9.17) is 25.8 Å². The largest absolute Gasteiger partial charge is 0.508 e. The van der Waals surface area contributed by atoms with Gasteiger partial charge in [0.05, 0.1) is 11.1 Å². The summed E-state index contributed by atoms with van der Waals surface area (Å²) >= 11 is 4.87. The molecule has 0 aliphatic heterocycles. The molecule has 0 aliphatic carbocycles. The minimum Gasteiger partial charge on any atom is -0.508 e. The zero-order valence-electron chi connectivity index (χ0n) is 44.4. The van der Waals surface area contributed by atoms with E-state index in [0.717, 1.165) is 0 Å². The van der Waals surface area contributed by atoms with Gasteiger partial charge < -0.3 is 19.3 Å². The Bertz CT molecular complexity index is 3680. The van der Waals surface area contributed by atoms with Crippen molar-refractivity contribution in [2.75, 3.05) is 13.2 Å². The maximum Gasteiger partial charge on any atom is 0.380 e. The van der Waals surface area contributed by atoms with E-state index in [2.05, 4.69) is 13.2 Å². The number of aromatic hydroxyl groups is 1. The summed E-state index contributed by atoms with van der Waals surface area (Å²) in [7, 11) is -11.1. The number of phenols is 1. The average molecular weight is 1190 g/mol. The first-order valence-electron chi connectivity index (χ1n) is 24.9. The Kier molecular flexibility index (Phi) is 20.7. The van der Waals surface area contributed by atoms with Gasteiger partial charge in [-0.2, -0.15) is 17.6 Å². The molecule has 0 aromatic heterocycles. The zero-order chi connectivity index (χ0) is 60.6. The highest BCUT2D eigenvalue weighted by Crippen LogP contribution is 2.51. The number of benzene rings is 8. The molecule has 0 amide bonds. The maximum atomic E-state index is 16.0. The van der Waals surface area contributed by atoms with Gasteiger partial charge in [0.2, 0.25) is 24.9 Å². The molecule has 19 heteroatoms. The van der Waals surface area contributed by atoms with Gasteiger partial charge in [0, 0.05) is 11.1 Å². The van der Waals surface area contributed by atoms with Gasteiger partial charge in [-0.1, -0.05) is 195 Å². The van der Waals surface area contributed by atoms with E-state index in [9.17, 15) is 41.1 Å². The number of phenolic OH excluding ortho intramolecular Hbond substituents is 1. The third kappa shape index (κ3) is 13.9. The molecule has 12 nitrogen and oxygen atoms in total. The Labute approximate surface area is 482 Å². The summed E-state index contributed by atoms with van der Waals surface area (Å²) in [6.45, 7) is 6.44. The van der Waals surface area contributed by atoms with Gasteiger partial charge in [-0.25, -0.2) is 31.2 Å². The molecule has 1 N–H and O–H groups in total. The minimum absolute atomic E-state index is 0.00187. The third-order valence-electron chi connectivity index (χ3n) is 12.5. The normalized spacial score (nSPS) is 11.7. The number of carbonyl (C=O) groups excluding carboxylic acids is 4. The number of ether oxygens (including phenoxy) is 3. The van der Waals surface area contributed by atoms with E-state index >= 15 is 17.6 Å². The molecule has 0 saturated carbocycles. The van der Waals surface area contributed by atoms with Gasteiger partial charge in [-0.15, -0.1) is 0 Å². The van der Waals surface area contributed by atoms with Crippen LogP contribution in [0.4, 0.5) is 17.6 Å².